The number of carbonyl (C=O) groups is 1. The van der Waals surface area contributed by atoms with Gasteiger partial charge >= 0.3 is 12.1 Å². The van der Waals surface area contributed by atoms with Crippen LogP contribution in [0.5, 0.6) is 0 Å². The molecule has 2 aromatic rings. The van der Waals surface area contributed by atoms with E-state index in [9.17, 15) is 18.0 Å². The second-order valence-corrected chi connectivity index (χ2v) is 4.34. The highest BCUT2D eigenvalue weighted by atomic mass is 19.4. The van der Waals surface area contributed by atoms with Gasteiger partial charge in [-0.2, -0.15) is 18.3 Å². The summed E-state index contributed by atoms with van der Waals surface area (Å²) in [5, 5.41) is 12.5. The number of rotatable bonds is 4. The molecule has 22 heavy (non-hydrogen) atoms. The summed E-state index contributed by atoms with van der Waals surface area (Å²) in [5.41, 5.74) is 2.04. The molecule has 0 aliphatic carbocycles. The molecule has 0 spiro atoms. The van der Waals surface area contributed by atoms with E-state index in [1.54, 1.807) is 0 Å². The second-order valence-electron chi connectivity index (χ2n) is 4.34. The van der Waals surface area contributed by atoms with E-state index >= 15 is 0 Å². The van der Waals surface area contributed by atoms with Crippen molar-refractivity contribution in [2.75, 3.05) is 5.43 Å². The maximum absolute atomic E-state index is 12.8. The Labute approximate surface area is 123 Å². The normalized spacial score (nSPS) is 11.6. The average Bonchev–Trinajstić information content (AvgIpc) is 2.47. The predicted molar refractivity (Wildman–Crippen MR) is 76.1 cm³/mol. The third kappa shape index (κ3) is 3.85. The van der Waals surface area contributed by atoms with Gasteiger partial charge in [0, 0.05) is 0 Å². The van der Waals surface area contributed by atoms with Gasteiger partial charge in [0.15, 0.2) is 0 Å². The molecule has 0 atom stereocenters. The maximum Gasteiger partial charge on any atom is 0.418 e. The highest BCUT2D eigenvalue weighted by molar-refractivity contribution is 5.89. The molecule has 0 amide bonds. The van der Waals surface area contributed by atoms with E-state index in [0.29, 0.717) is 5.56 Å². The van der Waals surface area contributed by atoms with Gasteiger partial charge in [-0.15, -0.1) is 0 Å². The Morgan fingerprint density at radius 2 is 1.73 bits per heavy atom. The molecule has 0 saturated carbocycles. The van der Waals surface area contributed by atoms with Gasteiger partial charge in [0.25, 0.3) is 0 Å². The lowest BCUT2D eigenvalue weighted by Gasteiger charge is -2.11. The first-order chi connectivity index (χ1) is 10.4. The van der Waals surface area contributed by atoms with Crippen molar-refractivity contribution in [2.24, 2.45) is 5.10 Å². The second kappa shape index (κ2) is 6.30. The Hall–Kier alpha value is -2.83. The van der Waals surface area contributed by atoms with Gasteiger partial charge in [0.2, 0.25) is 0 Å². The summed E-state index contributed by atoms with van der Waals surface area (Å²) in [6.45, 7) is 0. The van der Waals surface area contributed by atoms with Crippen molar-refractivity contribution >= 4 is 17.9 Å². The monoisotopic (exact) mass is 308 g/mol. The maximum atomic E-state index is 12.8. The number of aromatic carboxylic acids is 1. The molecule has 0 saturated heterocycles. The van der Waals surface area contributed by atoms with Gasteiger partial charge in [-0.3, -0.25) is 5.43 Å². The SMILES string of the molecule is O=C(O)c1ccc(/C=N/Nc2ccccc2C(F)(F)F)cc1. The number of halogens is 3. The van der Waals surface area contributed by atoms with E-state index in [4.69, 9.17) is 5.11 Å². The number of nitrogens with zero attached hydrogens (tertiary/aromatic N) is 1. The number of benzene rings is 2. The van der Waals surface area contributed by atoms with Gasteiger partial charge in [-0.25, -0.2) is 4.79 Å². The summed E-state index contributed by atoms with van der Waals surface area (Å²) >= 11 is 0. The van der Waals surface area contributed by atoms with Crippen LogP contribution in [0.25, 0.3) is 0 Å². The van der Waals surface area contributed by atoms with Crippen LogP contribution < -0.4 is 5.43 Å². The van der Waals surface area contributed by atoms with Crippen LogP contribution in [0.2, 0.25) is 0 Å². The predicted octanol–water partition coefficient (Wildman–Crippen LogP) is 3.85. The summed E-state index contributed by atoms with van der Waals surface area (Å²) in [6.07, 6.45) is -3.17. The third-order valence-electron chi connectivity index (χ3n) is 2.79. The zero-order valence-corrected chi connectivity index (χ0v) is 11.1. The van der Waals surface area contributed by atoms with Crippen LogP contribution in [0.1, 0.15) is 21.5 Å². The third-order valence-corrected chi connectivity index (χ3v) is 2.79. The van der Waals surface area contributed by atoms with Gasteiger partial charge in [-0.1, -0.05) is 24.3 Å². The molecule has 0 aliphatic rings. The smallest absolute Gasteiger partial charge is 0.418 e. The van der Waals surface area contributed by atoms with E-state index < -0.39 is 17.7 Å². The molecule has 2 rings (SSSR count). The lowest BCUT2D eigenvalue weighted by atomic mass is 10.1. The molecule has 7 heteroatoms. The topological polar surface area (TPSA) is 61.7 Å². The molecular weight excluding hydrogens is 297 g/mol. The Balaban J connectivity index is 2.11. The Morgan fingerprint density at radius 3 is 2.32 bits per heavy atom. The van der Waals surface area contributed by atoms with Crippen LogP contribution in [-0.4, -0.2) is 17.3 Å². The molecule has 0 bridgehead atoms. The van der Waals surface area contributed by atoms with Crippen molar-refractivity contribution in [1.29, 1.82) is 0 Å². The molecule has 4 nitrogen and oxygen atoms in total. The van der Waals surface area contributed by atoms with Crippen molar-refractivity contribution in [3.05, 3.63) is 65.2 Å². The van der Waals surface area contributed by atoms with Crippen LogP contribution >= 0.6 is 0 Å². The molecule has 0 aromatic heterocycles. The highest BCUT2D eigenvalue weighted by Gasteiger charge is 2.33. The molecule has 0 radical (unpaired) electrons. The highest BCUT2D eigenvalue weighted by Crippen LogP contribution is 2.34. The van der Waals surface area contributed by atoms with Crippen LogP contribution in [0.15, 0.2) is 53.6 Å². The van der Waals surface area contributed by atoms with E-state index in [2.05, 4.69) is 10.5 Å². The quantitative estimate of drug-likeness (QED) is 0.666. The summed E-state index contributed by atoms with van der Waals surface area (Å²) in [4.78, 5) is 10.7. The van der Waals surface area contributed by atoms with E-state index in [1.165, 1.54) is 48.7 Å². The van der Waals surface area contributed by atoms with Crippen molar-refractivity contribution in [2.45, 2.75) is 6.18 Å². The zero-order valence-electron chi connectivity index (χ0n) is 11.1. The molecule has 0 heterocycles. The lowest BCUT2D eigenvalue weighted by molar-refractivity contribution is -0.136. The Bertz CT molecular complexity index is 695. The molecule has 2 aromatic carbocycles. The molecule has 114 valence electrons. The largest absolute Gasteiger partial charge is 0.478 e. The average molecular weight is 308 g/mol. The van der Waals surface area contributed by atoms with Crippen LogP contribution in [0.3, 0.4) is 0 Å². The van der Waals surface area contributed by atoms with Gasteiger partial charge in [0.1, 0.15) is 0 Å². The number of para-hydroxylation sites is 1. The summed E-state index contributed by atoms with van der Waals surface area (Å²) in [5.74, 6) is -1.05. The fraction of sp³-hybridized carbons (Fsp3) is 0.0667. The number of hydrogen-bond acceptors (Lipinski definition) is 3. The molecular formula is C15H11F3N2O2. The van der Waals surface area contributed by atoms with Gasteiger partial charge in [-0.05, 0) is 29.8 Å². The summed E-state index contributed by atoms with van der Waals surface area (Å²) in [6, 6.07) is 10.8. The molecule has 2 N–H and O–H groups in total. The minimum absolute atomic E-state index is 0.118. The van der Waals surface area contributed by atoms with Crippen molar-refractivity contribution in [3.63, 3.8) is 0 Å². The molecule has 0 fully saturated rings. The molecule has 0 aliphatic heterocycles. The number of hydrogen-bond donors (Lipinski definition) is 2. The van der Waals surface area contributed by atoms with Crippen LogP contribution in [0, 0.1) is 0 Å². The van der Waals surface area contributed by atoms with Gasteiger partial charge in [0.05, 0.1) is 23.0 Å². The van der Waals surface area contributed by atoms with Crippen LogP contribution in [-0.2, 0) is 6.18 Å². The Morgan fingerprint density at radius 1 is 1.09 bits per heavy atom. The summed E-state index contributed by atoms with van der Waals surface area (Å²) in [7, 11) is 0. The minimum Gasteiger partial charge on any atom is -0.478 e. The van der Waals surface area contributed by atoms with Crippen molar-refractivity contribution in [3.8, 4) is 0 Å². The first kappa shape index (κ1) is 15.6. The summed E-state index contributed by atoms with van der Waals surface area (Å²) < 4.78 is 38.3. The van der Waals surface area contributed by atoms with Crippen molar-refractivity contribution < 1.29 is 23.1 Å². The minimum atomic E-state index is -4.47. The number of anilines is 1. The number of carboxylic acids is 1. The van der Waals surface area contributed by atoms with E-state index in [1.807, 2.05) is 0 Å². The number of hydrazone groups is 1. The molecule has 0 unspecified atom stereocenters. The first-order valence-electron chi connectivity index (χ1n) is 6.16. The van der Waals surface area contributed by atoms with Crippen molar-refractivity contribution in [1.82, 2.24) is 0 Å². The van der Waals surface area contributed by atoms with E-state index in [0.717, 1.165) is 6.07 Å². The van der Waals surface area contributed by atoms with Crippen LogP contribution in [0.4, 0.5) is 18.9 Å². The Kier molecular flexibility index (Phi) is 4.45. The number of alkyl halides is 3. The van der Waals surface area contributed by atoms with Gasteiger partial charge < -0.3 is 5.11 Å². The number of carboxylic acid groups (broad SMARTS) is 1. The first-order valence-corrected chi connectivity index (χ1v) is 6.16. The number of nitrogens with one attached hydrogen (secondary N) is 1. The fourth-order valence-electron chi connectivity index (χ4n) is 1.72. The lowest BCUT2D eigenvalue weighted by Crippen LogP contribution is -2.08. The standard InChI is InChI=1S/C15H11F3N2O2/c16-15(17,18)12-3-1-2-4-13(12)20-19-9-10-5-7-11(8-6-10)14(21)22/h1-9,20H,(H,21,22)/b19-9+. The van der Waals surface area contributed by atoms with E-state index in [-0.39, 0.29) is 11.3 Å². The fourth-order valence-corrected chi connectivity index (χ4v) is 1.72. The zero-order chi connectivity index (χ0) is 16.2.